The van der Waals surface area contributed by atoms with E-state index < -0.39 is 166 Å². The van der Waals surface area contributed by atoms with Gasteiger partial charge in [0.15, 0.2) is 25.2 Å². The molecular formula is C53H90O22. The van der Waals surface area contributed by atoms with Crippen LogP contribution in [0.1, 0.15) is 113 Å². The van der Waals surface area contributed by atoms with Crippen LogP contribution in [0.25, 0.3) is 0 Å². The van der Waals surface area contributed by atoms with Crippen molar-refractivity contribution in [1.82, 2.24) is 0 Å². The molecule has 8 aliphatic rings. The second kappa shape index (κ2) is 23.0. The van der Waals surface area contributed by atoms with Gasteiger partial charge in [0.2, 0.25) is 0 Å². The second-order valence-electron chi connectivity index (χ2n) is 25.0. The molecule has 0 bridgehead atoms. The molecule has 0 radical (unpaired) electrons. The van der Waals surface area contributed by atoms with Crippen molar-refractivity contribution < 1.29 is 109 Å². The molecule has 0 aromatic rings. The van der Waals surface area contributed by atoms with Gasteiger partial charge in [0, 0.05) is 0 Å². The SMILES string of the molecule is CC(C)=CCC[C@](C)(O[C@@H]1O[C@H](CO[C@@H]2O[C@H](C)[C@@H](O)[C@@H](O)[C@H]2O)[C@@H](O)[C@H](O)[C@H]1O)C1CCC2(C)C1C(O)CC1C3CCC(O[C@@H]4O[C@H](CO)[C@@H](O)[C@H](O)[C@H]4O[C@@H]4O[C@H](CO)[C@@H](O)[C@H](O)[C@H]4O)C(C)(C)C3CCC12C. The Morgan fingerprint density at radius 2 is 1.15 bits per heavy atom. The molecule has 4 saturated carbocycles. The van der Waals surface area contributed by atoms with Crippen LogP contribution in [0, 0.1) is 45.8 Å². The van der Waals surface area contributed by atoms with Crippen LogP contribution in [-0.4, -0.2) is 232 Å². The summed E-state index contributed by atoms with van der Waals surface area (Å²) in [6.07, 6.45) is -23.4. The van der Waals surface area contributed by atoms with Gasteiger partial charge in [-0.05, 0) is 131 Å². The highest BCUT2D eigenvalue weighted by molar-refractivity contribution is 5.18. The number of allylic oxidation sites excluding steroid dienone is 2. The Hall–Kier alpha value is -1.14. The fourth-order valence-electron chi connectivity index (χ4n) is 15.5. The van der Waals surface area contributed by atoms with Crippen LogP contribution in [0.15, 0.2) is 11.6 Å². The van der Waals surface area contributed by atoms with Gasteiger partial charge in [-0.3, -0.25) is 0 Å². The van der Waals surface area contributed by atoms with E-state index in [0.29, 0.717) is 32.1 Å². The van der Waals surface area contributed by atoms with Crippen LogP contribution >= 0.6 is 0 Å². The predicted molar refractivity (Wildman–Crippen MR) is 260 cm³/mol. The number of hydrogen-bond donors (Lipinski definition) is 14. The van der Waals surface area contributed by atoms with Gasteiger partial charge in [-0.1, -0.05) is 39.3 Å². The topological polar surface area (TPSA) is 357 Å². The number of aliphatic hydroxyl groups is 14. The Morgan fingerprint density at radius 3 is 1.79 bits per heavy atom. The highest BCUT2D eigenvalue weighted by Crippen LogP contribution is 2.73. The third-order valence-electron chi connectivity index (χ3n) is 20.3. The van der Waals surface area contributed by atoms with E-state index in [9.17, 15) is 71.5 Å². The third kappa shape index (κ3) is 10.8. The molecule has 0 aromatic heterocycles. The van der Waals surface area contributed by atoms with Crippen LogP contribution in [0.2, 0.25) is 0 Å². The zero-order chi connectivity index (χ0) is 55.0. The van der Waals surface area contributed by atoms with Crippen molar-refractivity contribution in [2.45, 2.75) is 254 Å². The van der Waals surface area contributed by atoms with Crippen LogP contribution < -0.4 is 0 Å². The standard InChI is InChI=1S/C53H90O22/c1-22(2)10-9-15-53(8,75-48-44(67)40(63)37(60)31(72-48)21-68-46-42(65)38(61)34(57)23(3)69-46)26-14-17-52(7)33(26)28(56)18-27-24-11-12-32(50(4,5)25(24)13-16-51(27,52)6)73-49-45(41(64)36(59)30(20-55)71-49)74-47-43(66)39(62)35(58)29(19-54)70-47/h10,23-49,54-67H,9,11-21H2,1-8H3/t23-,24?,25?,26?,27?,28?,29-,30-,31-,32?,33?,34-,35-,36-,37-,38-,39+,40+,41+,42-,43-,44-,45-,46-,47+,48+,49+,51?,52?,53+/m1/s1. The van der Waals surface area contributed by atoms with Crippen LogP contribution in [0.5, 0.6) is 0 Å². The largest absolute Gasteiger partial charge is 0.394 e. The Bertz CT molecular complexity index is 1930. The maximum absolute atomic E-state index is 12.7. The van der Waals surface area contributed by atoms with Crippen molar-refractivity contribution in [3.63, 3.8) is 0 Å². The minimum absolute atomic E-state index is 0.103. The van der Waals surface area contributed by atoms with E-state index in [1.165, 1.54) is 6.92 Å². The average molecular weight is 1080 g/mol. The summed E-state index contributed by atoms with van der Waals surface area (Å²) in [5.41, 5.74) is -1.07. The van der Waals surface area contributed by atoms with Crippen molar-refractivity contribution in [3.05, 3.63) is 11.6 Å². The quantitative estimate of drug-likeness (QED) is 0.0651. The number of rotatable bonds is 15. The molecule has 14 N–H and O–H groups in total. The van der Waals surface area contributed by atoms with Crippen LogP contribution in [-0.2, 0) is 37.9 Å². The fourth-order valence-corrected chi connectivity index (χ4v) is 15.5. The van der Waals surface area contributed by atoms with Gasteiger partial charge in [-0.2, -0.15) is 0 Å². The molecule has 4 aliphatic heterocycles. The maximum Gasteiger partial charge on any atom is 0.187 e. The summed E-state index contributed by atoms with van der Waals surface area (Å²) in [5.74, 6) is -0.0990. The average Bonchev–Trinajstić information content (AvgIpc) is 3.76. The highest BCUT2D eigenvalue weighted by atomic mass is 16.8. The highest BCUT2D eigenvalue weighted by Gasteiger charge is 2.70. The zero-order valence-corrected chi connectivity index (χ0v) is 44.7. The molecule has 9 unspecified atom stereocenters. The normalized spacial score (nSPS) is 52.7. The molecule has 434 valence electrons. The summed E-state index contributed by atoms with van der Waals surface area (Å²) >= 11 is 0. The first-order valence-corrected chi connectivity index (χ1v) is 27.4. The van der Waals surface area contributed by atoms with Crippen molar-refractivity contribution in [2.75, 3.05) is 19.8 Å². The zero-order valence-electron chi connectivity index (χ0n) is 44.7. The van der Waals surface area contributed by atoms with E-state index in [1.807, 2.05) is 20.8 Å². The lowest BCUT2D eigenvalue weighted by Crippen LogP contribution is -2.66. The van der Waals surface area contributed by atoms with Gasteiger partial charge in [0.25, 0.3) is 0 Å². The Morgan fingerprint density at radius 1 is 0.587 bits per heavy atom. The van der Waals surface area contributed by atoms with Crippen molar-refractivity contribution in [1.29, 1.82) is 0 Å². The van der Waals surface area contributed by atoms with Crippen LogP contribution in [0.4, 0.5) is 0 Å². The predicted octanol–water partition coefficient (Wildman–Crippen LogP) is -1.57. The van der Waals surface area contributed by atoms with Crippen LogP contribution in [0.3, 0.4) is 0 Å². The monoisotopic (exact) mass is 1080 g/mol. The van der Waals surface area contributed by atoms with E-state index in [4.69, 9.17) is 37.9 Å². The molecule has 0 spiro atoms. The molecule has 75 heavy (non-hydrogen) atoms. The van der Waals surface area contributed by atoms with Crippen molar-refractivity contribution in [3.8, 4) is 0 Å². The number of fused-ring (bicyclic) bond motifs is 5. The van der Waals surface area contributed by atoms with Gasteiger partial charge < -0.3 is 109 Å². The first kappa shape index (κ1) is 60.0. The summed E-state index contributed by atoms with van der Waals surface area (Å²) in [4.78, 5) is 0. The lowest BCUT2D eigenvalue weighted by atomic mass is 9.39. The smallest absolute Gasteiger partial charge is 0.187 e. The molecule has 4 aliphatic carbocycles. The van der Waals surface area contributed by atoms with Gasteiger partial charge in [-0.25, -0.2) is 0 Å². The van der Waals surface area contributed by atoms with E-state index >= 15 is 0 Å². The molecule has 4 heterocycles. The molecule has 8 fully saturated rings. The molecule has 0 amide bonds. The lowest BCUT2D eigenvalue weighted by molar-refractivity contribution is -0.377. The van der Waals surface area contributed by atoms with E-state index in [1.54, 1.807) is 0 Å². The summed E-state index contributed by atoms with van der Waals surface area (Å²) in [7, 11) is 0. The summed E-state index contributed by atoms with van der Waals surface area (Å²) < 4.78 is 49.0. The van der Waals surface area contributed by atoms with Gasteiger partial charge >= 0.3 is 0 Å². The van der Waals surface area contributed by atoms with E-state index in [-0.39, 0.29) is 40.4 Å². The minimum Gasteiger partial charge on any atom is -0.394 e. The van der Waals surface area contributed by atoms with Gasteiger partial charge in [0.05, 0.1) is 43.7 Å². The Kier molecular flexibility index (Phi) is 18.4. The maximum atomic E-state index is 12.7. The summed E-state index contributed by atoms with van der Waals surface area (Å²) in [6, 6.07) is 0. The fraction of sp³-hybridized carbons (Fsp3) is 0.962. The molecular weight excluding hydrogens is 989 g/mol. The van der Waals surface area contributed by atoms with E-state index in [0.717, 1.165) is 31.3 Å². The summed E-state index contributed by atoms with van der Waals surface area (Å²) in [5, 5.41) is 152. The van der Waals surface area contributed by atoms with Gasteiger partial charge in [-0.15, -0.1) is 0 Å². The molecule has 4 saturated heterocycles. The summed E-state index contributed by atoms with van der Waals surface area (Å²) in [6.45, 7) is 14.6. The molecule has 30 atom stereocenters. The minimum atomic E-state index is -1.81. The molecule has 22 heteroatoms. The van der Waals surface area contributed by atoms with Gasteiger partial charge in [0.1, 0.15) is 91.6 Å². The third-order valence-corrected chi connectivity index (χ3v) is 20.3. The molecule has 0 aromatic carbocycles. The van der Waals surface area contributed by atoms with Crippen molar-refractivity contribution in [2.24, 2.45) is 45.8 Å². The number of ether oxygens (including phenoxy) is 8. The lowest BCUT2D eigenvalue weighted by Gasteiger charge is -2.67. The van der Waals surface area contributed by atoms with Crippen molar-refractivity contribution >= 4 is 0 Å². The first-order chi connectivity index (χ1) is 35.1. The molecule has 22 nitrogen and oxygen atoms in total. The second-order valence-corrected chi connectivity index (χ2v) is 25.0. The van der Waals surface area contributed by atoms with E-state index in [2.05, 4.69) is 33.8 Å². The molecule has 8 rings (SSSR count). The number of aliphatic hydroxyl groups excluding tert-OH is 14. The Labute approximate surface area is 439 Å². The number of hydrogen-bond acceptors (Lipinski definition) is 22. The Balaban J connectivity index is 0.993. The first-order valence-electron chi connectivity index (χ1n) is 27.4.